The van der Waals surface area contributed by atoms with Crippen molar-refractivity contribution in [2.45, 2.75) is 63.5 Å². The highest BCUT2D eigenvalue weighted by Crippen LogP contribution is 2.31. The van der Waals surface area contributed by atoms with Gasteiger partial charge in [0.1, 0.15) is 0 Å². The second kappa shape index (κ2) is 5.68. The third-order valence-electron chi connectivity index (χ3n) is 4.77. The van der Waals surface area contributed by atoms with Crippen LogP contribution in [0.4, 0.5) is 0 Å². The summed E-state index contributed by atoms with van der Waals surface area (Å²) in [7, 11) is 0. The van der Waals surface area contributed by atoms with Crippen molar-refractivity contribution < 1.29 is 5.11 Å². The van der Waals surface area contributed by atoms with Crippen LogP contribution in [-0.2, 0) is 0 Å². The van der Waals surface area contributed by atoms with Crippen LogP contribution in [0.15, 0.2) is 0 Å². The van der Waals surface area contributed by atoms with Gasteiger partial charge in [-0.15, -0.1) is 0 Å². The van der Waals surface area contributed by atoms with Gasteiger partial charge in [-0.25, -0.2) is 0 Å². The molecule has 1 heterocycles. The predicted molar refractivity (Wildman–Crippen MR) is 70.8 cm³/mol. The SMILES string of the molecule is CC1(O)CCN(C2CCCCCC2CN)CC1. The van der Waals surface area contributed by atoms with E-state index in [-0.39, 0.29) is 0 Å². The van der Waals surface area contributed by atoms with Gasteiger partial charge in [-0.2, -0.15) is 0 Å². The van der Waals surface area contributed by atoms with Gasteiger partial charge in [0, 0.05) is 19.1 Å². The molecule has 2 unspecified atom stereocenters. The first-order valence-electron chi connectivity index (χ1n) is 7.29. The zero-order valence-electron chi connectivity index (χ0n) is 11.2. The number of piperidine rings is 1. The second-order valence-electron chi connectivity index (χ2n) is 6.23. The summed E-state index contributed by atoms with van der Waals surface area (Å²) in [5.41, 5.74) is 5.52. The predicted octanol–water partition coefficient (Wildman–Crippen LogP) is 1.74. The summed E-state index contributed by atoms with van der Waals surface area (Å²) in [6, 6.07) is 0.679. The molecule has 1 saturated carbocycles. The van der Waals surface area contributed by atoms with Crippen molar-refractivity contribution in [2.24, 2.45) is 11.7 Å². The van der Waals surface area contributed by atoms with Crippen LogP contribution in [0.5, 0.6) is 0 Å². The van der Waals surface area contributed by atoms with E-state index < -0.39 is 5.60 Å². The summed E-state index contributed by atoms with van der Waals surface area (Å²) < 4.78 is 0. The molecule has 100 valence electrons. The maximum atomic E-state index is 10.0. The Balaban J connectivity index is 1.95. The van der Waals surface area contributed by atoms with E-state index in [0.717, 1.165) is 32.5 Å². The summed E-state index contributed by atoms with van der Waals surface area (Å²) in [6.45, 7) is 4.90. The normalized spacial score (nSPS) is 35.5. The number of nitrogens with two attached hydrogens (primary N) is 1. The maximum Gasteiger partial charge on any atom is 0.0644 e. The number of likely N-dealkylation sites (tertiary alicyclic amines) is 1. The molecule has 1 saturated heterocycles. The molecule has 0 aromatic heterocycles. The van der Waals surface area contributed by atoms with Gasteiger partial charge in [0.2, 0.25) is 0 Å². The number of rotatable bonds is 2. The summed E-state index contributed by atoms with van der Waals surface area (Å²) in [4.78, 5) is 2.60. The van der Waals surface area contributed by atoms with Gasteiger partial charge in [0.25, 0.3) is 0 Å². The van der Waals surface area contributed by atoms with Crippen molar-refractivity contribution in [3.05, 3.63) is 0 Å². The zero-order chi connectivity index (χ0) is 12.3. The van der Waals surface area contributed by atoms with Crippen LogP contribution in [0.1, 0.15) is 51.9 Å². The topological polar surface area (TPSA) is 49.5 Å². The van der Waals surface area contributed by atoms with E-state index in [1.807, 2.05) is 6.92 Å². The fourth-order valence-corrected chi connectivity index (χ4v) is 3.46. The number of hydrogen-bond acceptors (Lipinski definition) is 3. The Morgan fingerprint density at radius 2 is 1.82 bits per heavy atom. The van der Waals surface area contributed by atoms with Gasteiger partial charge in [0.05, 0.1) is 5.60 Å². The fraction of sp³-hybridized carbons (Fsp3) is 1.00. The molecule has 0 amide bonds. The molecule has 0 bridgehead atoms. The molecule has 3 heteroatoms. The lowest BCUT2D eigenvalue weighted by atomic mass is 9.88. The molecule has 2 fully saturated rings. The minimum atomic E-state index is -0.431. The van der Waals surface area contributed by atoms with E-state index >= 15 is 0 Å². The van der Waals surface area contributed by atoms with Crippen LogP contribution >= 0.6 is 0 Å². The Hall–Kier alpha value is -0.120. The van der Waals surface area contributed by atoms with E-state index in [1.54, 1.807) is 0 Å². The molecule has 0 aromatic carbocycles. The maximum absolute atomic E-state index is 10.0. The Kier molecular flexibility index (Phi) is 4.45. The molecule has 17 heavy (non-hydrogen) atoms. The number of nitrogens with zero attached hydrogens (tertiary/aromatic N) is 1. The van der Waals surface area contributed by atoms with Crippen LogP contribution in [0, 0.1) is 5.92 Å². The molecule has 0 aromatic rings. The van der Waals surface area contributed by atoms with Gasteiger partial charge in [-0.1, -0.05) is 19.3 Å². The lowest BCUT2D eigenvalue weighted by molar-refractivity contribution is -0.0246. The molecule has 2 aliphatic rings. The van der Waals surface area contributed by atoms with Crippen molar-refractivity contribution in [1.29, 1.82) is 0 Å². The van der Waals surface area contributed by atoms with E-state index in [0.29, 0.717) is 12.0 Å². The molecule has 3 N–H and O–H groups in total. The Labute approximate surface area is 105 Å². The van der Waals surface area contributed by atoms with E-state index in [9.17, 15) is 5.11 Å². The van der Waals surface area contributed by atoms with Gasteiger partial charge >= 0.3 is 0 Å². The van der Waals surface area contributed by atoms with E-state index in [4.69, 9.17) is 5.73 Å². The van der Waals surface area contributed by atoms with Crippen LogP contribution < -0.4 is 5.73 Å². The first kappa shape index (κ1) is 13.3. The van der Waals surface area contributed by atoms with Crippen LogP contribution in [-0.4, -0.2) is 41.3 Å². The Bertz CT molecular complexity index is 232. The summed E-state index contributed by atoms with van der Waals surface area (Å²) in [6.07, 6.45) is 8.52. The number of aliphatic hydroxyl groups is 1. The van der Waals surface area contributed by atoms with Crippen molar-refractivity contribution in [2.75, 3.05) is 19.6 Å². The average Bonchev–Trinajstić information content (AvgIpc) is 2.54. The molecule has 1 aliphatic heterocycles. The average molecular weight is 240 g/mol. The fourth-order valence-electron chi connectivity index (χ4n) is 3.46. The lowest BCUT2D eigenvalue weighted by Crippen LogP contribution is -2.50. The summed E-state index contributed by atoms with van der Waals surface area (Å²) >= 11 is 0. The summed E-state index contributed by atoms with van der Waals surface area (Å²) in [5.74, 6) is 0.681. The van der Waals surface area contributed by atoms with Crippen molar-refractivity contribution in [1.82, 2.24) is 4.90 Å². The first-order chi connectivity index (χ1) is 8.12. The lowest BCUT2D eigenvalue weighted by Gasteiger charge is -2.42. The molecular weight excluding hydrogens is 212 g/mol. The van der Waals surface area contributed by atoms with Gasteiger partial charge < -0.3 is 10.8 Å². The molecule has 0 spiro atoms. The molecular formula is C14H28N2O. The van der Waals surface area contributed by atoms with Gasteiger partial charge in [-0.3, -0.25) is 4.90 Å². The molecule has 3 nitrogen and oxygen atoms in total. The highest BCUT2D eigenvalue weighted by Gasteiger charge is 2.34. The smallest absolute Gasteiger partial charge is 0.0644 e. The minimum Gasteiger partial charge on any atom is -0.390 e. The van der Waals surface area contributed by atoms with Crippen molar-refractivity contribution in [3.63, 3.8) is 0 Å². The minimum absolute atomic E-state index is 0.431. The quantitative estimate of drug-likeness (QED) is 0.723. The highest BCUT2D eigenvalue weighted by molar-refractivity contribution is 4.89. The van der Waals surface area contributed by atoms with Crippen LogP contribution in [0.25, 0.3) is 0 Å². The monoisotopic (exact) mass is 240 g/mol. The zero-order valence-corrected chi connectivity index (χ0v) is 11.2. The second-order valence-corrected chi connectivity index (χ2v) is 6.23. The van der Waals surface area contributed by atoms with E-state index in [1.165, 1.54) is 32.1 Å². The third kappa shape index (κ3) is 3.43. The van der Waals surface area contributed by atoms with Crippen LogP contribution in [0.3, 0.4) is 0 Å². The van der Waals surface area contributed by atoms with Crippen molar-refractivity contribution >= 4 is 0 Å². The van der Waals surface area contributed by atoms with Crippen LogP contribution in [0.2, 0.25) is 0 Å². The highest BCUT2D eigenvalue weighted by atomic mass is 16.3. The van der Waals surface area contributed by atoms with Gasteiger partial charge in [-0.05, 0) is 45.1 Å². The Morgan fingerprint density at radius 3 is 2.47 bits per heavy atom. The largest absolute Gasteiger partial charge is 0.390 e. The van der Waals surface area contributed by atoms with Crippen molar-refractivity contribution in [3.8, 4) is 0 Å². The third-order valence-corrected chi connectivity index (χ3v) is 4.77. The summed E-state index contributed by atoms with van der Waals surface area (Å²) in [5, 5.41) is 10.0. The molecule has 2 atom stereocenters. The Morgan fingerprint density at radius 1 is 1.18 bits per heavy atom. The van der Waals surface area contributed by atoms with E-state index in [2.05, 4.69) is 4.90 Å². The molecule has 1 aliphatic carbocycles. The number of hydrogen-bond donors (Lipinski definition) is 2. The molecule has 2 rings (SSSR count). The van der Waals surface area contributed by atoms with Gasteiger partial charge in [0.15, 0.2) is 0 Å². The standard InChI is InChI=1S/C14H28N2O/c1-14(17)7-9-16(10-8-14)13-6-4-2-3-5-12(13)11-15/h12-13,17H,2-11,15H2,1H3. The molecule has 0 radical (unpaired) electrons. The first-order valence-corrected chi connectivity index (χ1v) is 7.29.